The first kappa shape index (κ1) is 3.81. The Labute approximate surface area is 103 Å². The van der Waals surface area contributed by atoms with E-state index in [1.54, 1.807) is 0 Å². The second-order valence-corrected chi connectivity index (χ2v) is 3.35. The van der Waals surface area contributed by atoms with E-state index < -0.39 is 19.9 Å². The maximum atomic E-state index is 7.87. The number of halogens is 1. The van der Waals surface area contributed by atoms with Crippen LogP contribution in [0.25, 0.3) is 5.69 Å². The maximum absolute atomic E-state index is 7.87. The Balaban J connectivity index is 2.94. The molecule has 0 aliphatic rings. The van der Waals surface area contributed by atoms with Crippen molar-refractivity contribution < 1.29 is 11.0 Å². The standard InChI is InChI=1S/C11H11BrN2/c1-8-4-3-5-9(2)10(8)14-7-6-13-11(14)12/h3-7H,1-2H3/i1D3,2D3,6D,7D. The quantitative estimate of drug-likeness (QED) is 0.768. The summed E-state index contributed by atoms with van der Waals surface area (Å²) in [5, 5.41) is 0. The second kappa shape index (κ2) is 3.58. The summed E-state index contributed by atoms with van der Waals surface area (Å²) in [4.78, 5) is 3.72. The van der Waals surface area contributed by atoms with E-state index in [0.29, 0.717) is 0 Å². The molecule has 0 N–H and O–H groups in total. The fraction of sp³-hybridized carbons (Fsp3) is 0.182. The zero-order chi connectivity index (χ0) is 16.9. The fourth-order valence-corrected chi connectivity index (χ4v) is 1.50. The van der Waals surface area contributed by atoms with Gasteiger partial charge in [0, 0.05) is 20.6 Å². The third-order valence-corrected chi connectivity index (χ3v) is 2.29. The van der Waals surface area contributed by atoms with Crippen molar-refractivity contribution >= 4 is 15.9 Å². The molecular weight excluding hydrogens is 240 g/mol. The van der Waals surface area contributed by atoms with Gasteiger partial charge in [-0.15, -0.1) is 0 Å². The summed E-state index contributed by atoms with van der Waals surface area (Å²) in [6.07, 6.45) is -0.780. The molecule has 0 saturated carbocycles. The predicted octanol–water partition coefficient (Wildman–Crippen LogP) is 3.25. The van der Waals surface area contributed by atoms with Crippen molar-refractivity contribution in [2.75, 3.05) is 0 Å². The Morgan fingerprint density at radius 2 is 2.14 bits per heavy atom. The first-order valence-electron chi connectivity index (χ1n) is 7.80. The lowest BCUT2D eigenvalue weighted by atomic mass is 10.1. The molecule has 1 aromatic heterocycles. The van der Waals surface area contributed by atoms with Gasteiger partial charge in [0.15, 0.2) is 4.73 Å². The average molecular weight is 259 g/mol. The number of aromatic nitrogens is 2. The van der Waals surface area contributed by atoms with Crippen LogP contribution in [0.5, 0.6) is 0 Å². The summed E-state index contributed by atoms with van der Waals surface area (Å²) in [5.74, 6) is 0. The largest absolute Gasteiger partial charge is 0.294 e. The van der Waals surface area contributed by atoms with Gasteiger partial charge in [0.2, 0.25) is 0 Å². The zero-order valence-electron chi connectivity index (χ0n) is 15.0. The van der Waals surface area contributed by atoms with E-state index in [-0.39, 0.29) is 27.7 Å². The summed E-state index contributed by atoms with van der Waals surface area (Å²) in [6, 6.07) is 3.92. The van der Waals surface area contributed by atoms with Gasteiger partial charge >= 0.3 is 0 Å². The molecule has 0 aliphatic heterocycles. The highest BCUT2D eigenvalue weighted by atomic mass is 79.9. The molecule has 0 aliphatic carbocycles. The van der Waals surface area contributed by atoms with E-state index in [0.717, 1.165) is 4.57 Å². The number of aryl methyl sites for hydroxylation is 2. The van der Waals surface area contributed by atoms with Crippen molar-refractivity contribution in [3.63, 3.8) is 0 Å². The highest BCUT2D eigenvalue weighted by Gasteiger charge is 2.06. The van der Waals surface area contributed by atoms with E-state index in [2.05, 4.69) is 20.9 Å². The molecule has 14 heavy (non-hydrogen) atoms. The van der Waals surface area contributed by atoms with Gasteiger partial charge in [0.25, 0.3) is 0 Å². The van der Waals surface area contributed by atoms with Crippen LogP contribution in [0, 0.1) is 13.7 Å². The molecule has 0 atom stereocenters. The van der Waals surface area contributed by atoms with Crippen molar-refractivity contribution in [1.82, 2.24) is 9.55 Å². The molecule has 3 heteroatoms. The first-order valence-corrected chi connectivity index (χ1v) is 4.59. The van der Waals surface area contributed by atoms with Crippen LogP contribution < -0.4 is 0 Å². The van der Waals surface area contributed by atoms with Crippen LogP contribution in [-0.4, -0.2) is 9.55 Å². The zero-order valence-corrected chi connectivity index (χ0v) is 8.59. The van der Waals surface area contributed by atoms with E-state index in [4.69, 9.17) is 11.0 Å². The van der Waals surface area contributed by atoms with Gasteiger partial charge in [-0.1, -0.05) is 18.2 Å². The summed E-state index contributed by atoms with van der Waals surface area (Å²) < 4.78 is 62.1. The van der Waals surface area contributed by atoms with Crippen LogP contribution in [-0.2, 0) is 0 Å². The van der Waals surface area contributed by atoms with Gasteiger partial charge in [-0.3, -0.25) is 4.57 Å². The van der Waals surface area contributed by atoms with Crippen molar-refractivity contribution in [1.29, 1.82) is 0 Å². The van der Waals surface area contributed by atoms with Crippen LogP contribution >= 0.6 is 15.9 Å². The molecule has 0 amide bonds. The average Bonchev–Trinajstić information content (AvgIpc) is 2.60. The van der Waals surface area contributed by atoms with Crippen LogP contribution in [0.1, 0.15) is 22.1 Å². The summed E-state index contributed by atoms with van der Waals surface area (Å²) in [6.45, 7) is -5.15. The molecule has 0 unspecified atom stereocenters. The van der Waals surface area contributed by atoms with Gasteiger partial charge in [0.1, 0.15) is 0 Å². The number of benzene rings is 1. The number of para-hydroxylation sites is 1. The molecular formula is C11H11BrN2. The lowest BCUT2D eigenvalue weighted by Gasteiger charge is -2.10. The Morgan fingerprint density at radius 1 is 1.43 bits per heavy atom. The van der Waals surface area contributed by atoms with Crippen LogP contribution in [0.3, 0.4) is 0 Å². The predicted molar refractivity (Wildman–Crippen MR) is 60.7 cm³/mol. The van der Waals surface area contributed by atoms with E-state index in [1.807, 2.05) is 0 Å². The molecule has 1 aromatic carbocycles. The normalized spacial score (nSPS) is 20.6. The van der Waals surface area contributed by atoms with E-state index in [1.165, 1.54) is 18.2 Å². The highest BCUT2D eigenvalue weighted by Crippen LogP contribution is 2.22. The van der Waals surface area contributed by atoms with Gasteiger partial charge in [-0.2, -0.15) is 0 Å². The Kier molecular flexibility index (Phi) is 0.974. The minimum atomic E-state index is -2.57. The topological polar surface area (TPSA) is 17.8 Å². The maximum Gasteiger partial charge on any atom is 0.181 e. The van der Waals surface area contributed by atoms with Crippen molar-refractivity contribution in [2.24, 2.45) is 0 Å². The molecule has 0 fully saturated rings. The van der Waals surface area contributed by atoms with Gasteiger partial charge in [0.05, 0.1) is 8.43 Å². The van der Waals surface area contributed by atoms with E-state index in [9.17, 15) is 0 Å². The van der Waals surface area contributed by atoms with Crippen LogP contribution in [0.4, 0.5) is 0 Å². The summed E-state index contributed by atoms with van der Waals surface area (Å²) in [5.41, 5.74) is -0.592. The number of rotatable bonds is 1. The molecule has 2 aromatic rings. The van der Waals surface area contributed by atoms with Gasteiger partial charge in [-0.25, -0.2) is 4.98 Å². The van der Waals surface area contributed by atoms with Crippen molar-refractivity contribution in [2.45, 2.75) is 13.7 Å². The third-order valence-electron chi connectivity index (χ3n) is 1.75. The second-order valence-electron chi connectivity index (χ2n) is 2.64. The fourth-order valence-electron chi connectivity index (χ4n) is 1.15. The molecule has 2 rings (SSSR count). The molecule has 0 spiro atoms. The van der Waals surface area contributed by atoms with Crippen LogP contribution in [0.15, 0.2) is 35.3 Å². The van der Waals surface area contributed by atoms with E-state index >= 15 is 0 Å². The van der Waals surface area contributed by atoms with Gasteiger partial charge in [-0.05, 0) is 40.8 Å². The molecule has 2 nitrogen and oxygen atoms in total. The van der Waals surface area contributed by atoms with Gasteiger partial charge < -0.3 is 0 Å². The monoisotopic (exact) mass is 258 g/mol. The SMILES string of the molecule is [2H]c1nc(Br)n(-c2c(C([2H])([2H])[2H])cccc2C([2H])([2H])[2H])c1[2H]. The Morgan fingerprint density at radius 3 is 2.64 bits per heavy atom. The lowest BCUT2D eigenvalue weighted by Crippen LogP contribution is -1.98. The van der Waals surface area contributed by atoms with Crippen molar-refractivity contribution in [3.8, 4) is 5.69 Å². The Bertz CT molecular complexity index is 684. The number of hydrogen-bond acceptors (Lipinski definition) is 1. The smallest absolute Gasteiger partial charge is 0.181 e. The molecule has 72 valence electrons. The Hall–Kier alpha value is -1.09. The van der Waals surface area contributed by atoms with Crippen LogP contribution in [0.2, 0.25) is 0 Å². The lowest BCUT2D eigenvalue weighted by molar-refractivity contribution is 0.986. The number of imidazole rings is 1. The molecule has 0 radical (unpaired) electrons. The first-order chi connectivity index (χ1) is 9.94. The number of hydrogen-bond donors (Lipinski definition) is 0. The minimum Gasteiger partial charge on any atom is -0.294 e. The molecule has 0 bridgehead atoms. The number of nitrogens with zero attached hydrogens (tertiary/aromatic N) is 2. The summed E-state index contributed by atoms with van der Waals surface area (Å²) in [7, 11) is 0. The van der Waals surface area contributed by atoms with Crippen molar-refractivity contribution in [3.05, 3.63) is 46.4 Å². The molecule has 0 saturated heterocycles. The minimum absolute atomic E-state index is 0.00435. The summed E-state index contributed by atoms with van der Waals surface area (Å²) >= 11 is 3.05. The highest BCUT2D eigenvalue weighted by molar-refractivity contribution is 9.10. The third kappa shape index (κ3) is 1.48. The molecule has 1 heterocycles.